The number of piperidine rings is 1. The highest BCUT2D eigenvalue weighted by Crippen LogP contribution is 2.31. The molecule has 27 heavy (non-hydrogen) atoms. The van der Waals surface area contributed by atoms with Gasteiger partial charge in [-0.3, -0.25) is 9.69 Å². The van der Waals surface area contributed by atoms with Gasteiger partial charge in [0.15, 0.2) is 0 Å². The van der Waals surface area contributed by atoms with Gasteiger partial charge in [0, 0.05) is 44.1 Å². The lowest BCUT2D eigenvalue weighted by Crippen LogP contribution is -2.49. The Morgan fingerprint density at radius 3 is 2.63 bits per heavy atom. The second-order valence-corrected chi connectivity index (χ2v) is 7.40. The Kier molecular flexibility index (Phi) is 6.01. The molecular formula is C20H28N2O5. The van der Waals surface area contributed by atoms with Crippen LogP contribution in [-0.2, 0) is 16.1 Å². The summed E-state index contributed by atoms with van der Waals surface area (Å²) in [5, 5.41) is 11.0. The number of benzene rings is 1. The molecule has 2 atom stereocenters. The largest absolute Gasteiger partial charge is 0.492 e. The lowest BCUT2D eigenvalue weighted by atomic mass is 9.93. The van der Waals surface area contributed by atoms with Gasteiger partial charge in [-0.25, -0.2) is 4.79 Å². The van der Waals surface area contributed by atoms with E-state index in [0.29, 0.717) is 37.6 Å². The van der Waals surface area contributed by atoms with Gasteiger partial charge in [0.2, 0.25) is 5.91 Å². The molecule has 1 N–H and O–H groups in total. The Morgan fingerprint density at radius 1 is 1.30 bits per heavy atom. The van der Waals surface area contributed by atoms with Gasteiger partial charge in [-0.15, -0.1) is 0 Å². The van der Waals surface area contributed by atoms with Crippen LogP contribution in [0.25, 0.3) is 0 Å². The minimum atomic E-state index is -0.594. The van der Waals surface area contributed by atoms with Crippen LogP contribution in [0.3, 0.4) is 0 Å². The van der Waals surface area contributed by atoms with Crippen molar-refractivity contribution in [2.75, 3.05) is 26.8 Å². The molecule has 2 aliphatic heterocycles. The van der Waals surface area contributed by atoms with Gasteiger partial charge in [0.05, 0.1) is 12.7 Å². The first-order valence-corrected chi connectivity index (χ1v) is 9.44. The number of aliphatic hydroxyl groups is 1. The third kappa shape index (κ3) is 4.25. The molecule has 0 spiro atoms. The number of carbonyl (C=O) groups is 2. The summed E-state index contributed by atoms with van der Waals surface area (Å²) in [7, 11) is 1.35. The predicted octanol–water partition coefficient (Wildman–Crippen LogP) is 1.63. The maximum atomic E-state index is 11.7. The van der Waals surface area contributed by atoms with Crippen molar-refractivity contribution >= 4 is 11.9 Å². The van der Waals surface area contributed by atoms with Crippen LogP contribution in [0.5, 0.6) is 5.75 Å². The molecule has 7 nitrogen and oxygen atoms in total. The maximum absolute atomic E-state index is 11.7. The van der Waals surface area contributed by atoms with Crippen LogP contribution in [-0.4, -0.2) is 65.9 Å². The number of rotatable bonds is 3. The van der Waals surface area contributed by atoms with Gasteiger partial charge in [0.1, 0.15) is 18.6 Å². The fraction of sp³-hybridized carbons (Fsp3) is 0.600. The molecule has 2 heterocycles. The Bertz CT molecular complexity index is 700. The number of ether oxygens (including phenoxy) is 2. The number of methoxy groups -OCH3 is 1. The fourth-order valence-electron chi connectivity index (χ4n) is 3.86. The van der Waals surface area contributed by atoms with Gasteiger partial charge in [-0.05, 0) is 31.9 Å². The van der Waals surface area contributed by atoms with Crippen molar-refractivity contribution in [1.82, 2.24) is 9.80 Å². The number of esters is 1. The first kappa shape index (κ1) is 19.6. The normalized spacial score (nSPS) is 22.4. The molecule has 1 aromatic carbocycles. The highest BCUT2D eigenvalue weighted by molar-refractivity contribution is 5.89. The van der Waals surface area contributed by atoms with E-state index in [2.05, 4.69) is 4.90 Å². The summed E-state index contributed by atoms with van der Waals surface area (Å²) < 4.78 is 10.7. The molecule has 2 aliphatic rings. The van der Waals surface area contributed by atoms with E-state index < -0.39 is 12.2 Å². The molecule has 1 amide bonds. The molecule has 7 heteroatoms. The van der Waals surface area contributed by atoms with Crippen LogP contribution < -0.4 is 4.74 Å². The van der Waals surface area contributed by atoms with E-state index in [1.807, 2.05) is 17.9 Å². The summed E-state index contributed by atoms with van der Waals surface area (Å²) in [5.74, 6) is 0.479. The van der Waals surface area contributed by atoms with Crippen molar-refractivity contribution in [3.05, 3.63) is 29.3 Å². The summed E-state index contributed by atoms with van der Waals surface area (Å²) in [6.45, 7) is 5.97. The van der Waals surface area contributed by atoms with Crippen molar-refractivity contribution in [2.24, 2.45) is 5.92 Å². The number of aliphatic hydroxyl groups excluding tert-OH is 1. The number of nitrogens with zero attached hydrogens (tertiary/aromatic N) is 2. The highest BCUT2D eigenvalue weighted by Gasteiger charge is 2.34. The maximum Gasteiger partial charge on any atom is 0.337 e. The van der Waals surface area contributed by atoms with Gasteiger partial charge < -0.3 is 19.5 Å². The Balaban J connectivity index is 1.73. The monoisotopic (exact) mass is 376 g/mol. The van der Waals surface area contributed by atoms with Crippen molar-refractivity contribution in [3.63, 3.8) is 0 Å². The lowest BCUT2D eigenvalue weighted by molar-refractivity contribution is -0.133. The molecule has 0 aliphatic carbocycles. The van der Waals surface area contributed by atoms with Crippen LogP contribution in [0.4, 0.5) is 0 Å². The van der Waals surface area contributed by atoms with E-state index in [1.54, 1.807) is 19.1 Å². The first-order valence-electron chi connectivity index (χ1n) is 9.44. The zero-order valence-electron chi connectivity index (χ0n) is 16.2. The third-order valence-electron chi connectivity index (χ3n) is 5.63. The number of hydrogen-bond donors (Lipinski definition) is 1. The summed E-state index contributed by atoms with van der Waals surface area (Å²) in [6, 6.07) is 5.31. The van der Waals surface area contributed by atoms with Gasteiger partial charge >= 0.3 is 5.97 Å². The molecular weight excluding hydrogens is 348 g/mol. The minimum absolute atomic E-state index is 0.0276. The SMILES string of the molecule is COC(=O)c1ccc2c(c1)OC[C@H](C)N(C(O)C1CCN(C(C)=O)CC1)C2. The van der Waals surface area contributed by atoms with E-state index in [9.17, 15) is 14.7 Å². The second kappa shape index (κ2) is 8.27. The summed E-state index contributed by atoms with van der Waals surface area (Å²) >= 11 is 0. The van der Waals surface area contributed by atoms with Gasteiger partial charge in [-0.2, -0.15) is 0 Å². The van der Waals surface area contributed by atoms with Crippen molar-refractivity contribution in [3.8, 4) is 5.75 Å². The van der Waals surface area contributed by atoms with Crippen molar-refractivity contribution < 1.29 is 24.2 Å². The molecule has 0 bridgehead atoms. The predicted molar refractivity (Wildman–Crippen MR) is 99.3 cm³/mol. The average molecular weight is 376 g/mol. The fourth-order valence-corrected chi connectivity index (χ4v) is 3.86. The van der Waals surface area contributed by atoms with Crippen molar-refractivity contribution in [1.29, 1.82) is 0 Å². The molecule has 1 saturated heterocycles. The van der Waals surface area contributed by atoms with E-state index in [1.165, 1.54) is 7.11 Å². The zero-order valence-corrected chi connectivity index (χ0v) is 16.2. The molecule has 1 unspecified atom stereocenters. The van der Waals surface area contributed by atoms with E-state index in [4.69, 9.17) is 9.47 Å². The quantitative estimate of drug-likeness (QED) is 0.808. The Labute approximate surface area is 159 Å². The molecule has 0 saturated carbocycles. The number of amides is 1. The smallest absolute Gasteiger partial charge is 0.337 e. The molecule has 0 aromatic heterocycles. The summed E-state index contributed by atoms with van der Waals surface area (Å²) in [5.41, 5.74) is 1.39. The Morgan fingerprint density at radius 2 is 2.00 bits per heavy atom. The van der Waals surface area contributed by atoms with E-state index >= 15 is 0 Å². The Hall–Kier alpha value is -2.12. The molecule has 1 fully saturated rings. The van der Waals surface area contributed by atoms with Crippen LogP contribution in [0, 0.1) is 5.92 Å². The van der Waals surface area contributed by atoms with E-state index in [0.717, 1.165) is 18.4 Å². The van der Waals surface area contributed by atoms with Crippen molar-refractivity contribution in [2.45, 2.75) is 45.5 Å². The van der Waals surface area contributed by atoms with Gasteiger partial charge in [0.25, 0.3) is 0 Å². The summed E-state index contributed by atoms with van der Waals surface area (Å²) in [6.07, 6.45) is 0.988. The number of likely N-dealkylation sites (tertiary alicyclic amines) is 1. The standard InChI is InChI=1S/C20H28N2O5/c1-13-12-27-18-10-16(20(25)26-3)4-5-17(18)11-22(13)19(24)15-6-8-21(9-7-15)14(2)23/h4-5,10,13,15,19,24H,6-9,11-12H2,1-3H3/t13-,19?/m0/s1. The minimum Gasteiger partial charge on any atom is -0.492 e. The molecule has 1 aromatic rings. The zero-order chi connectivity index (χ0) is 19.6. The average Bonchev–Trinajstić information content (AvgIpc) is 2.85. The lowest BCUT2D eigenvalue weighted by Gasteiger charge is -2.39. The molecule has 148 valence electrons. The second-order valence-electron chi connectivity index (χ2n) is 7.40. The number of hydrogen-bond acceptors (Lipinski definition) is 6. The van der Waals surface area contributed by atoms with Gasteiger partial charge in [-0.1, -0.05) is 6.07 Å². The third-order valence-corrected chi connectivity index (χ3v) is 5.63. The number of carbonyl (C=O) groups excluding carboxylic acids is 2. The van der Waals surface area contributed by atoms with Crippen LogP contribution in [0.2, 0.25) is 0 Å². The highest BCUT2D eigenvalue weighted by atomic mass is 16.5. The van der Waals surface area contributed by atoms with Crippen LogP contribution >= 0.6 is 0 Å². The molecule has 3 rings (SSSR count). The van der Waals surface area contributed by atoms with E-state index in [-0.39, 0.29) is 17.9 Å². The summed E-state index contributed by atoms with van der Waals surface area (Å²) in [4.78, 5) is 27.1. The first-order chi connectivity index (χ1) is 12.9. The molecule has 0 radical (unpaired) electrons. The van der Waals surface area contributed by atoms with Crippen LogP contribution in [0.15, 0.2) is 18.2 Å². The topological polar surface area (TPSA) is 79.3 Å². The van der Waals surface area contributed by atoms with Crippen LogP contribution in [0.1, 0.15) is 42.6 Å². The number of fused-ring (bicyclic) bond motifs is 1.